The predicted octanol–water partition coefficient (Wildman–Crippen LogP) is 0.0855. The van der Waals surface area contributed by atoms with Crippen LogP contribution in [0.1, 0.15) is 10.5 Å². The number of carbonyl (C=O) groups is 1. The highest BCUT2D eigenvalue weighted by atomic mass is 16.5. The summed E-state index contributed by atoms with van der Waals surface area (Å²) in [6.45, 7) is 3.98. The third-order valence-electron chi connectivity index (χ3n) is 3.88. The van der Waals surface area contributed by atoms with Gasteiger partial charge in [0.05, 0.1) is 12.7 Å². The van der Waals surface area contributed by atoms with Gasteiger partial charge in [0.15, 0.2) is 0 Å². The number of nitrogens with one attached hydrogen (secondary N) is 1. The first-order chi connectivity index (χ1) is 8.75. The molecular weight excluding hydrogens is 230 g/mol. The second kappa shape index (κ2) is 4.74. The Labute approximate surface area is 107 Å². The van der Waals surface area contributed by atoms with Gasteiger partial charge in [-0.25, -0.2) is 0 Å². The van der Waals surface area contributed by atoms with Crippen molar-refractivity contribution in [3.8, 4) is 0 Å². The summed E-state index contributed by atoms with van der Waals surface area (Å²) in [5.41, 5.74) is 0.749. The Morgan fingerprint density at radius 1 is 1.50 bits per heavy atom. The van der Waals surface area contributed by atoms with Crippen molar-refractivity contribution >= 4 is 5.91 Å². The first kappa shape index (κ1) is 11.7. The van der Waals surface area contributed by atoms with Gasteiger partial charge < -0.3 is 19.5 Å². The number of hydrogen-bond donors (Lipinski definition) is 1. The van der Waals surface area contributed by atoms with Crippen LogP contribution in [0.4, 0.5) is 0 Å². The van der Waals surface area contributed by atoms with Crippen LogP contribution >= 0.6 is 0 Å². The minimum absolute atomic E-state index is 0.110. The number of hydrogen-bond acceptors (Lipinski definition) is 3. The average molecular weight is 249 g/mol. The fourth-order valence-corrected chi connectivity index (χ4v) is 2.80. The smallest absolute Gasteiger partial charge is 0.270 e. The summed E-state index contributed by atoms with van der Waals surface area (Å²) in [6.07, 6.45) is 2.18. The van der Waals surface area contributed by atoms with E-state index in [0.717, 1.165) is 25.3 Å². The van der Waals surface area contributed by atoms with E-state index in [-0.39, 0.29) is 12.0 Å². The lowest BCUT2D eigenvalue weighted by atomic mass is 10.1. The maximum absolute atomic E-state index is 12.5. The fraction of sp³-hybridized carbons (Fsp3) is 0.615. The topological polar surface area (TPSA) is 46.5 Å². The second-order valence-electron chi connectivity index (χ2n) is 5.08. The molecule has 5 nitrogen and oxygen atoms in total. The van der Waals surface area contributed by atoms with Crippen LogP contribution in [0.2, 0.25) is 0 Å². The lowest BCUT2D eigenvalue weighted by Crippen LogP contribution is -2.38. The predicted molar refractivity (Wildman–Crippen MR) is 67.4 cm³/mol. The van der Waals surface area contributed by atoms with Gasteiger partial charge in [0.2, 0.25) is 0 Å². The molecule has 5 heteroatoms. The van der Waals surface area contributed by atoms with Gasteiger partial charge in [0.25, 0.3) is 5.91 Å². The first-order valence-corrected chi connectivity index (χ1v) is 6.48. The van der Waals surface area contributed by atoms with Crippen LogP contribution in [0.25, 0.3) is 0 Å². The summed E-state index contributed by atoms with van der Waals surface area (Å²) < 4.78 is 7.67. The molecule has 0 unspecified atom stereocenters. The van der Waals surface area contributed by atoms with Crippen molar-refractivity contribution in [2.75, 3.05) is 32.8 Å². The molecule has 2 aliphatic heterocycles. The standard InChI is InChI=1S/C13H19N3O2/c1-15-4-2-3-11(15)13(17)16-5-6-18-12-8-14-7-10(12)9-16/h2-4,10,12,14H,5-9H2,1H3/t10-,12-/m1/s1. The number of amides is 1. The molecule has 3 rings (SSSR count). The molecule has 3 heterocycles. The Bertz CT molecular complexity index is 443. The van der Waals surface area contributed by atoms with Gasteiger partial charge in [-0.05, 0) is 12.1 Å². The molecule has 2 saturated heterocycles. The number of nitrogens with zero attached hydrogens (tertiary/aromatic N) is 2. The van der Waals surface area contributed by atoms with Crippen molar-refractivity contribution in [1.82, 2.24) is 14.8 Å². The summed E-state index contributed by atoms with van der Waals surface area (Å²) in [4.78, 5) is 14.4. The van der Waals surface area contributed by atoms with E-state index in [4.69, 9.17) is 4.74 Å². The molecular formula is C13H19N3O2. The van der Waals surface area contributed by atoms with Gasteiger partial charge in [-0.1, -0.05) is 0 Å². The van der Waals surface area contributed by atoms with Gasteiger partial charge in [-0.2, -0.15) is 0 Å². The number of ether oxygens (including phenoxy) is 1. The van der Waals surface area contributed by atoms with Gasteiger partial charge in [-0.15, -0.1) is 0 Å². The van der Waals surface area contributed by atoms with Crippen molar-refractivity contribution in [2.45, 2.75) is 6.10 Å². The van der Waals surface area contributed by atoms with Gasteiger partial charge in [-0.3, -0.25) is 4.79 Å². The summed E-state index contributed by atoms with van der Waals surface area (Å²) in [5, 5.41) is 3.33. The van der Waals surface area contributed by atoms with Crippen LogP contribution in [0.3, 0.4) is 0 Å². The SMILES string of the molecule is Cn1cccc1C(=O)N1CCO[C@@H]2CNC[C@@H]2C1. The summed E-state index contributed by atoms with van der Waals surface area (Å²) in [6, 6.07) is 3.78. The normalized spacial score (nSPS) is 27.9. The van der Waals surface area contributed by atoms with E-state index in [1.54, 1.807) is 0 Å². The molecule has 0 saturated carbocycles. The molecule has 0 aromatic carbocycles. The van der Waals surface area contributed by atoms with Crippen LogP contribution < -0.4 is 5.32 Å². The molecule has 98 valence electrons. The minimum Gasteiger partial charge on any atom is -0.375 e. The maximum Gasteiger partial charge on any atom is 0.270 e. The highest BCUT2D eigenvalue weighted by Gasteiger charge is 2.33. The number of fused-ring (bicyclic) bond motifs is 1. The Kier molecular flexibility index (Phi) is 3.09. The van der Waals surface area contributed by atoms with Gasteiger partial charge in [0, 0.05) is 45.3 Å². The molecule has 1 amide bonds. The lowest BCUT2D eigenvalue weighted by molar-refractivity contribution is 0.0560. The van der Waals surface area contributed by atoms with E-state index < -0.39 is 0 Å². The number of aryl methyl sites for hydroxylation is 1. The average Bonchev–Trinajstić information content (AvgIpc) is 2.93. The van der Waals surface area contributed by atoms with Crippen LogP contribution in [-0.2, 0) is 11.8 Å². The number of carbonyl (C=O) groups excluding carboxylic acids is 1. The van der Waals surface area contributed by atoms with E-state index in [0.29, 0.717) is 19.1 Å². The molecule has 0 radical (unpaired) electrons. The zero-order valence-corrected chi connectivity index (χ0v) is 10.6. The molecule has 0 aliphatic carbocycles. The second-order valence-corrected chi connectivity index (χ2v) is 5.08. The third-order valence-corrected chi connectivity index (χ3v) is 3.88. The molecule has 0 spiro atoms. The van der Waals surface area contributed by atoms with E-state index in [2.05, 4.69) is 5.32 Å². The number of aromatic nitrogens is 1. The Morgan fingerprint density at radius 2 is 2.39 bits per heavy atom. The van der Waals surface area contributed by atoms with Gasteiger partial charge in [0.1, 0.15) is 5.69 Å². The Morgan fingerprint density at radius 3 is 3.17 bits per heavy atom. The molecule has 1 aromatic heterocycles. The third kappa shape index (κ3) is 2.04. The van der Waals surface area contributed by atoms with E-state index in [1.807, 2.05) is 34.8 Å². The van der Waals surface area contributed by atoms with Crippen LogP contribution in [0.5, 0.6) is 0 Å². The van der Waals surface area contributed by atoms with Crippen molar-refractivity contribution in [3.63, 3.8) is 0 Å². The Balaban J connectivity index is 1.75. The molecule has 2 atom stereocenters. The van der Waals surface area contributed by atoms with E-state index in [9.17, 15) is 4.79 Å². The highest BCUT2D eigenvalue weighted by molar-refractivity contribution is 5.92. The highest BCUT2D eigenvalue weighted by Crippen LogP contribution is 2.19. The van der Waals surface area contributed by atoms with Crippen molar-refractivity contribution < 1.29 is 9.53 Å². The number of rotatable bonds is 1. The quantitative estimate of drug-likeness (QED) is 0.767. The molecule has 18 heavy (non-hydrogen) atoms. The van der Waals surface area contributed by atoms with E-state index >= 15 is 0 Å². The van der Waals surface area contributed by atoms with Gasteiger partial charge >= 0.3 is 0 Å². The molecule has 1 N–H and O–H groups in total. The fourth-order valence-electron chi connectivity index (χ4n) is 2.80. The zero-order valence-electron chi connectivity index (χ0n) is 10.6. The van der Waals surface area contributed by atoms with Crippen molar-refractivity contribution in [1.29, 1.82) is 0 Å². The largest absolute Gasteiger partial charge is 0.375 e. The maximum atomic E-state index is 12.5. The van der Waals surface area contributed by atoms with E-state index in [1.165, 1.54) is 0 Å². The van der Waals surface area contributed by atoms with Crippen molar-refractivity contribution in [2.24, 2.45) is 13.0 Å². The zero-order chi connectivity index (χ0) is 12.5. The van der Waals surface area contributed by atoms with Crippen LogP contribution in [-0.4, -0.2) is 54.3 Å². The molecule has 0 bridgehead atoms. The summed E-state index contributed by atoms with van der Waals surface area (Å²) >= 11 is 0. The lowest BCUT2D eigenvalue weighted by Gasteiger charge is -2.23. The minimum atomic E-state index is 0.110. The summed E-state index contributed by atoms with van der Waals surface area (Å²) in [5.74, 6) is 0.537. The van der Waals surface area contributed by atoms with Crippen LogP contribution in [0.15, 0.2) is 18.3 Å². The van der Waals surface area contributed by atoms with Crippen molar-refractivity contribution in [3.05, 3.63) is 24.0 Å². The monoisotopic (exact) mass is 249 g/mol. The molecule has 2 aliphatic rings. The Hall–Kier alpha value is -1.33. The molecule has 2 fully saturated rings. The summed E-state index contributed by atoms with van der Waals surface area (Å²) in [7, 11) is 1.90. The molecule has 1 aromatic rings. The first-order valence-electron chi connectivity index (χ1n) is 6.48. The van der Waals surface area contributed by atoms with Crippen LogP contribution in [0, 0.1) is 5.92 Å².